The Hall–Kier alpha value is -1.43. The molecule has 0 spiro atoms. The third-order valence-electron chi connectivity index (χ3n) is 8.19. The summed E-state index contributed by atoms with van der Waals surface area (Å²) in [5.74, 6) is -0.269. The Morgan fingerprint density at radius 3 is 2.16 bits per heavy atom. The molecule has 0 saturated carbocycles. The van der Waals surface area contributed by atoms with Crippen LogP contribution in [0.5, 0.6) is 0 Å². The number of hydrogen-bond acceptors (Lipinski definition) is 5. The first-order valence-corrected chi connectivity index (χ1v) is 14.3. The normalized spacial score (nSPS) is 29.4. The Bertz CT molecular complexity index is 845. The lowest BCUT2D eigenvalue weighted by atomic mass is 9.88. The molecular formula is C32H54O5. The van der Waals surface area contributed by atoms with Gasteiger partial charge in [0.1, 0.15) is 5.60 Å². The lowest BCUT2D eigenvalue weighted by molar-refractivity contribution is -0.196. The Morgan fingerprint density at radius 2 is 1.54 bits per heavy atom. The van der Waals surface area contributed by atoms with E-state index in [9.17, 15) is 9.90 Å². The molecule has 0 aromatic heterocycles. The van der Waals surface area contributed by atoms with Crippen LogP contribution in [0.4, 0.5) is 0 Å². The fourth-order valence-corrected chi connectivity index (χ4v) is 5.79. The number of hydrogen-bond donors (Lipinski definition) is 1. The Labute approximate surface area is 226 Å². The number of esters is 1. The van der Waals surface area contributed by atoms with Crippen molar-refractivity contribution in [2.75, 3.05) is 0 Å². The van der Waals surface area contributed by atoms with Crippen molar-refractivity contribution < 1.29 is 24.1 Å². The van der Waals surface area contributed by atoms with Crippen molar-refractivity contribution in [1.82, 2.24) is 0 Å². The Balaban J connectivity index is 2.00. The molecule has 5 nitrogen and oxygen atoms in total. The lowest BCUT2D eigenvalue weighted by Crippen LogP contribution is -2.47. The number of allylic oxidation sites excluding steroid dienone is 6. The first kappa shape index (κ1) is 31.8. The molecule has 0 aromatic rings. The fraction of sp³-hybridized carbons (Fsp3) is 0.781. The van der Waals surface area contributed by atoms with Crippen LogP contribution in [0.2, 0.25) is 0 Å². The summed E-state index contributed by atoms with van der Waals surface area (Å²) in [5, 5.41) is 11.1. The lowest BCUT2D eigenvalue weighted by Gasteiger charge is -2.38. The molecule has 2 rings (SSSR count). The summed E-state index contributed by atoms with van der Waals surface area (Å²) in [7, 11) is 0. The van der Waals surface area contributed by atoms with Crippen LogP contribution in [0.1, 0.15) is 127 Å². The highest BCUT2D eigenvalue weighted by Crippen LogP contribution is 2.45. The van der Waals surface area contributed by atoms with Crippen molar-refractivity contribution in [3.8, 4) is 0 Å². The first-order chi connectivity index (χ1) is 17.2. The molecule has 2 aliphatic heterocycles. The number of carbonyl (C=O) groups is 1. The van der Waals surface area contributed by atoms with Crippen molar-refractivity contribution in [2.45, 2.75) is 162 Å². The van der Waals surface area contributed by atoms with E-state index in [-0.39, 0.29) is 24.3 Å². The van der Waals surface area contributed by atoms with E-state index < -0.39 is 16.8 Å². The predicted molar refractivity (Wildman–Crippen MR) is 152 cm³/mol. The van der Waals surface area contributed by atoms with Crippen molar-refractivity contribution in [2.24, 2.45) is 0 Å². The highest BCUT2D eigenvalue weighted by Gasteiger charge is 2.53. The van der Waals surface area contributed by atoms with Crippen LogP contribution >= 0.6 is 0 Å². The van der Waals surface area contributed by atoms with E-state index in [2.05, 4.69) is 59.8 Å². The molecule has 2 fully saturated rings. The van der Waals surface area contributed by atoms with E-state index in [1.165, 1.54) is 23.6 Å². The number of aliphatic hydroxyl groups is 1. The third kappa shape index (κ3) is 9.67. The van der Waals surface area contributed by atoms with Crippen molar-refractivity contribution in [1.29, 1.82) is 0 Å². The highest BCUT2D eigenvalue weighted by atomic mass is 16.6. The van der Waals surface area contributed by atoms with E-state index in [1.54, 1.807) is 0 Å². The molecule has 2 aliphatic rings. The van der Waals surface area contributed by atoms with Gasteiger partial charge < -0.3 is 19.3 Å². The Morgan fingerprint density at radius 1 is 0.919 bits per heavy atom. The number of ether oxygens (including phenoxy) is 3. The van der Waals surface area contributed by atoms with Crippen LogP contribution in [-0.4, -0.2) is 46.2 Å². The minimum atomic E-state index is -0.871. The van der Waals surface area contributed by atoms with Crippen LogP contribution in [0.3, 0.4) is 0 Å². The minimum Gasteiger partial charge on any atom is -0.457 e. The average molecular weight is 519 g/mol. The van der Waals surface area contributed by atoms with Crippen LogP contribution in [0.25, 0.3) is 0 Å². The summed E-state index contributed by atoms with van der Waals surface area (Å²) in [4.78, 5) is 12.0. The molecule has 6 atom stereocenters. The second kappa shape index (κ2) is 13.6. The molecular weight excluding hydrogens is 464 g/mol. The molecule has 2 saturated heterocycles. The van der Waals surface area contributed by atoms with E-state index in [0.717, 1.165) is 57.8 Å². The van der Waals surface area contributed by atoms with Crippen LogP contribution < -0.4 is 0 Å². The zero-order valence-electron chi connectivity index (χ0n) is 25.1. The summed E-state index contributed by atoms with van der Waals surface area (Å²) in [6, 6.07) is 0. The molecule has 0 aliphatic carbocycles. The molecule has 0 bridgehead atoms. The molecule has 0 aromatic carbocycles. The second-order valence-electron chi connectivity index (χ2n) is 12.6. The molecule has 0 amide bonds. The van der Waals surface area contributed by atoms with Gasteiger partial charge in [-0.25, -0.2) is 0 Å². The van der Waals surface area contributed by atoms with Crippen LogP contribution in [0.15, 0.2) is 34.9 Å². The smallest absolute Gasteiger partial charge is 0.303 e. The molecule has 0 unspecified atom stereocenters. The first-order valence-electron chi connectivity index (χ1n) is 14.3. The van der Waals surface area contributed by atoms with E-state index in [4.69, 9.17) is 14.2 Å². The van der Waals surface area contributed by atoms with Gasteiger partial charge in [-0.1, -0.05) is 34.9 Å². The molecule has 37 heavy (non-hydrogen) atoms. The molecule has 212 valence electrons. The largest absolute Gasteiger partial charge is 0.457 e. The zero-order chi connectivity index (χ0) is 27.9. The average Bonchev–Trinajstić information content (AvgIpc) is 3.41. The molecule has 5 heteroatoms. The number of carbonyl (C=O) groups excluding carboxylic acids is 1. The standard InChI is InChI=1S/C32H54O5/c1-23(2)13-10-15-25(5)16-12-21-31(8,36-26(6)33)28-17-18-29(35-28)32(9)22-19-27(37-32)30(7,34)20-11-14-24(3)4/h13-14,16,27-29,34H,10-12,15,17-22H2,1-9H3/b25-16-/t27-,28-,29+,30+,31+,32-/m0/s1. The van der Waals surface area contributed by atoms with Gasteiger partial charge in [0.15, 0.2) is 0 Å². The quantitative estimate of drug-likeness (QED) is 0.199. The topological polar surface area (TPSA) is 65.0 Å². The third-order valence-corrected chi connectivity index (χ3v) is 8.19. The minimum absolute atomic E-state index is 0.0766. The van der Waals surface area contributed by atoms with Gasteiger partial charge in [-0.3, -0.25) is 4.79 Å². The monoisotopic (exact) mass is 518 g/mol. The van der Waals surface area contributed by atoms with Crippen LogP contribution in [-0.2, 0) is 19.0 Å². The maximum absolute atomic E-state index is 12.0. The van der Waals surface area contributed by atoms with Gasteiger partial charge >= 0.3 is 5.97 Å². The number of rotatable bonds is 13. The Kier molecular flexibility index (Phi) is 11.7. The van der Waals surface area contributed by atoms with Crippen molar-refractivity contribution in [3.63, 3.8) is 0 Å². The van der Waals surface area contributed by atoms with Crippen molar-refractivity contribution >= 4 is 5.97 Å². The van der Waals surface area contributed by atoms with Gasteiger partial charge in [0.05, 0.1) is 29.5 Å². The van der Waals surface area contributed by atoms with E-state index >= 15 is 0 Å². The van der Waals surface area contributed by atoms with Gasteiger partial charge in [0.25, 0.3) is 0 Å². The second-order valence-corrected chi connectivity index (χ2v) is 12.6. The van der Waals surface area contributed by atoms with E-state index in [1.807, 2.05) is 13.8 Å². The van der Waals surface area contributed by atoms with Gasteiger partial charge in [-0.05, 0) is 120 Å². The summed E-state index contributed by atoms with van der Waals surface area (Å²) in [6.07, 6.45) is 14.8. The fourth-order valence-electron chi connectivity index (χ4n) is 5.79. The SMILES string of the molecule is CC(=O)O[C@](C)(CC/C=C(/C)CCC=C(C)C)[C@@H]1CC[C@H]([C@]2(C)CC[C@@H]([C@](C)(O)CCC=C(C)C)O2)O1. The summed E-state index contributed by atoms with van der Waals surface area (Å²) in [6.45, 7) is 18.1. The van der Waals surface area contributed by atoms with Crippen molar-refractivity contribution in [3.05, 3.63) is 34.9 Å². The maximum atomic E-state index is 12.0. The predicted octanol–water partition coefficient (Wildman–Crippen LogP) is 7.76. The molecule has 2 heterocycles. The van der Waals surface area contributed by atoms with E-state index in [0.29, 0.717) is 6.42 Å². The van der Waals surface area contributed by atoms with Gasteiger partial charge in [-0.15, -0.1) is 0 Å². The zero-order valence-corrected chi connectivity index (χ0v) is 25.1. The highest BCUT2D eigenvalue weighted by molar-refractivity contribution is 5.66. The summed E-state index contributed by atoms with van der Waals surface area (Å²) >= 11 is 0. The van der Waals surface area contributed by atoms with Gasteiger partial charge in [0, 0.05) is 6.92 Å². The van der Waals surface area contributed by atoms with Crippen LogP contribution in [0, 0.1) is 0 Å². The summed E-state index contributed by atoms with van der Waals surface area (Å²) in [5.41, 5.74) is 1.98. The molecule has 0 radical (unpaired) electrons. The maximum Gasteiger partial charge on any atom is 0.303 e. The summed E-state index contributed by atoms with van der Waals surface area (Å²) < 4.78 is 19.1. The van der Waals surface area contributed by atoms with Gasteiger partial charge in [-0.2, -0.15) is 0 Å². The molecule has 1 N–H and O–H groups in total. The van der Waals surface area contributed by atoms with Gasteiger partial charge in [0.2, 0.25) is 0 Å².